The van der Waals surface area contributed by atoms with Gasteiger partial charge in [-0.1, -0.05) is 15.9 Å². The third kappa shape index (κ3) is 3.91. The standard InChI is InChI=1S/C15H14BrF3N2O/c1-9-13(5-6-14(21-9)22-2)20-8-10-7-11(15(17,18)19)3-4-12(10)16/h3-7,20H,8H2,1-2H3. The number of alkyl halides is 3. The molecule has 1 heterocycles. The fourth-order valence-electron chi connectivity index (χ4n) is 1.92. The largest absolute Gasteiger partial charge is 0.481 e. The number of methoxy groups -OCH3 is 1. The van der Waals surface area contributed by atoms with Crippen LogP contribution < -0.4 is 10.1 Å². The first kappa shape index (κ1) is 16.6. The number of halogens is 4. The van der Waals surface area contributed by atoms with Crippen LogP contribution in [0.25, 0.3) is 0 Å². The zero-order valence-electron chi connectivity index (χ0n) is 12.0. The summed E-state index contributed by atoms with van der Waals surface area (Å²) in [6.45, 7) is 2.05. The van der Waals surface area contributed by atoms with Crippen molar-refractivity contribution >= 4 is 21.6 Å². The van der Waals surface area contributed by atoms with E-state index in [4.69, 9.17) is 4.74 Å². The molecule has 3 nitrogen and oxygen atoms in total. The van der Waals surface area contributed by atoms with E-state index < -0.39 is 11.7 Å². The third-order valence-electron chi connectivity index (χ3n) is 3.11. The van der Waals surface area contributed by atoms with Crippen LogP contribution in [0.15, 0.2) is 34.8 Å². The molecular weight excluding hydrogens is 361 g/mol. The molecule has 0 bridgehead atoms. The number of ether oxygens (including phenoxy) is 1. The van der Waals surface area contributed by atoms with Gasteiger partial charge in [-0.25, -0.2) is 4.98 Å². The molecule has 0 amide bonds. The number of nitrogens with one attached hydrogen (secondary N) is 1. The minimum atomic E-state index is -4.35. The van der Waals surface area contributed by atoms with Crippen molar-refractivity contribution in [2.45, 2.75) is 19.6 Å². The Kier molecular flexibility index (Phi) is 4.95. The van der Waals surface area contributed by atoms with Gasteiger partial charge in [0.15, 0.2) is 0 Å². The molecular formula is C15H14BrF3N2O. The van der Waals surface area contributed by atoms with E-state index in [1.165, 1.54) is 13.2 Å². The number of hydrogen-bond donors (Lipinski definition) is 1. The molecule has 0 aliphatic carbocycles. The fourth-order valence-corrected chi connectivity index (χ4v) is 2.30. The second kappa shape index (κ2) is 6.56. The summed E-state index contributed by atoms with van der Waals surface area (Å²) in [6, 6.07) is 7.05. The Morgan fingerprint density at radius 2 is 1.95 bits per heavy atom. The van der Waals surface area contributed by atoms with E-state index in [2.05, 4.69) is 26.2 Å². The van der Waals surface area contributed by atoms with Gasteiger partial charge in [0.25, 0.3) is 0 Å². The molecule has 0 fully saturated rings. The van der Waals surface area contributed by atoms with Crippen LogP contribution in [-0.4, -0.2) is 12.1 Å². The zero-order chi connectivity index (χ0) is 16.3. The summed E-state index contributed by atoms with van der Waals surface area (Å²) >= 11 is 3.27. The lowest BCUT2D eigenvalue weighted by molar-refractivity contribution is -0.137. The Labute approximate surface area is 134 Å². The molecule has 7 heteroatoms. The summed E-state index contributed by atoms with van der Waals surface area (Å²) in [5, 5.41) is 3.08. The van der Waals surface area contributed by atoms with Crippen molar-refractivity contribution in [3.63, 3.8) is 0 Å². The SMILES string of the molecule is COc1ccc(NCc2cc(C(F)(F)F)ccc2Br)c(C)n1. The quantitative estimate of drug-likeness (QED) is 0.834. The van der Waals surface area contributed by atoms with Crippen LogP contribution >= 0.6 is 15.9 Å². The molecule has 1 aromatic heterocycles. The summed E-state index contributed by atoms with van der Waals surface area (Å²) in [6.07, 6.45) is -4.35. The second-order valence-corrected chi connectivity index (χ2v) is 5.50. The van der Waals surface area contributed by atoms with E-state index in [0.717, 1.165) is 17.8 Å². The zero-order valence-corrected chi connectivity index (χ0v) is 13.5. The van der Waals surface area contributed by atoms with E-state index in [0.29, 0.717) is 21.6 Å². The molecule has 0 unspecified atom stereocenters. The van der Waals surface area contributed by atoms with Crippen LogP contribution in [0.5, 0.6) is 5.88 Å². The number of anilines is 1. The summed E-state index contributed by atoms with van der Waals surface area (Å²) in [5.41, 5.74) is 1.30. The number of aromatic nitrogens is 1. The molecule has 2 rings (SSSR count). The summed E-state index contributed by atoms with van der Waals surface area (Å²) < 4.78 is 43.9. The highest BCUT2D eigenvalue weighted by Gasteiger charge is 2.30. The highest BCUT2D eigenvalue weighted by Crippen LogP contribution is 2.32. The second-order valence-electron chi connectivity index (χ2n) is 4.64. The molecule has 0 aliphatic heterocycles. The van der Waals surface area contributed by atoms with Gasteiger partial charge in [0.05, 0.1) is 24.1 Å². The van der Waals surface area contributed by atoms with Crippen molar-refractivity contribution in [2.75, 3.05) is 12.4 Å². The van der Waals surface area contributed by atoms with E-state index in [-0.39, 0.29) is 6.54 Å². The molecule has 0 spiro atoms. The lowest BCUT2D eigenvalue weighted by Crippen LogP contribution is -2.08. The van der Waals surface area contributed by atoms with E-state index in [1.807, 2.05) is 0 Å². The maximum Gasteiger partial charge on any atom is 0.416 e. The molecule has 1 N–H and O–H groups in total. The predicted molar refractivity (Wildman–Crippen MR) is 82.0 cm³/mol. The molecule has 0 aliphatic rings. The Balaban J connectivity index is 2.18. The van der Waals surface area contributed by atoms with Gasteiger partial charge in [-0.05, 0) is 36.8 Å². The van der Waals surface area contributed by atoms with Crippen molar-refractivity contribution in [2.24, 2.45) is 0 Å². The lowest BCUT2D eigenvalue weighted by Gasteiger charge is -2.13. The van der Waals surface area contributed by atoms with Crippen LogP contribution in [0.4, 0.5) is 18.9 Å². The maximum atomic E-state index is 12.8. The molecule has 0 radical (unpaired) electrons. The minimum absolute atomic E-state index is 0.249. The predicted octanol–water partition coefficient (Wildman–Crippen LogP) is 4.79. The molecule has 22 heavy (non-hydrogen) atoms. The third-order valence-corrected chi connectivity index (χ3v) is 3.89. The summed E-state index contributed by atoms with van der Waals surface area (Å²) in [5.74, 6) is 0.489. The number of nitrogens with zero attached hydrogens (tertiary/aromatic N) is 1. The van der Waals surface area contributed by atoms with Crippen LogP contribution in [0.3, 0.4) is 0 Å². The van der Waals surface area contributed by atoms with Crippen LogP contribution in [0, 0.1) is 6.92 Å². The average Bonchev–Trinajstić information content (AvgIpc) is 2.46. The van der Waals surface area contributed by atoms with Gasteiger partial charge < -0.3 is 10.1 Å². The highest BCUT2D eigenvalue weighted by atomic mass is 79.9. The summed E-state index contributed by atoms with van der Waals surface area (Å²) in [7, 11) is 1.52. The molecule has 0 saturated heterocycles. The van der Waals surface area contributed by atoms with Crippen molar-refractivity contribution in [3.05, 3.63) is 51.6 Å². The highest BCUT2D eigenvalue weighted by molar-refractivity contribution is 9.10. The monoisotopic (exact) mass is 374 g/mol. The van der Waals surface area contributed by atoms with Crippen molar-refractivity contribution in [3.8, 4) is 5.88 Å². The van der Waals surface area contributed by atoms with E-state index in [9.17, 15) is 13.2 Å². The van der Waals surface area contributed by atoms with Crippen LogP contribution in [-0.2, 0) is 12.7 Å². The Morgan fingerprint density at radius 3 is 2.55 bits per heavy atom. The number of pyridine rings is 1. The van der Waals surface area contributed by atoms with Crippen molar-refractivity contribution < 1.29 is 17.9 Å². The lowest BCUT2D eigenvalue weighted by atomic mass is 10.1. The number of benzene rings is 1. The first-order valence-electron chi connectivity index (χ1n) is 6.42. The number of aryl methyl sites for hydroxylation is 1. The van der Waals surface area contributed by atoms with Gasteiger partial charge in [0.2, 0.25) is 5.88 Å². The number of rotatable bonds is 4. The van der Waals surface area contributed by atoms with Gasteiger partial charge in [0, 0.05) is 17.1 Å². The normalized spacial score (nSPS) is 11.4. The average molecular weight is 375 g/mol. The Bertz CT molecular complexity index is 674. The Morgan fingerprint density at radius 1 is 1.23 bits per heavy atom. The minimum Gasteiger partial charge on any atom is -0.481 e. The van der Waals surface area contributed by atoms with Crippen LogP contribution in [0.2, 0.25) is 0 Å². The van der Waals surface area contributed by atoms with Gasteiger partial charge in [-0.2, -0.15) is 13.2 Å². The smallest absolute Gasteiger partial charge is 0.416 e. The first-order valence-corrected chi connectivity index (χ1v) is 7.21. The molecule has 1 aromatic carbocycles. The molecule has 0 atom stereocenters. The topological polar surface area (TPSA) is 34.1 Å². The van der Waals surface area contributed by atoms with Gasteiger partial charge in [0.1, 0.15) is 0 Å². The van der Waals surface area contributed by atoms with Crippen LogP contribution in [0.1, 0.15) is 16.8 Å². The van der Waals surface area contributed by atoms with Gasteiger partial charge in [-0.15, -0.1) is 0 Å². The maximum absolute atomic E-state index is 12.8. The molecule has 118 valence electrons. The number of hydrogen-bond acceptors (Lipinski definition) is 3. The van der Waals surface area contributed by atoms with E-state index in [1.54, 1.807) is 19.1 Å². The summed E-state index contributed by atoms with van der Waals surface area (Å²) in [4.78, 5) is 4.21. The Hall–Kier alpha value is -1.76. The van der Waals surface area contributed by atoms with Gasteiger partial charge >= 0.3 is 6.18 Å². The van der Waals surface area contributed by atoms with Crippen molar-refractivity contribution in [1.29, 1.82) is 0 Å². The van der Waals surface area contributed by atoms with Gasteiger partial charge in [-0.3, -0.25) is 0 Å². The first-order chi connectivity index (χ1) is 10.3. The fraction of sp³-hybridized carbons (Fsp3) is 0.267. The molecule has 2 aromatic rings. The molecule has 0 saturated carbocycles. The van der Waals surface area contributed by atoms with E-state index >= 15 is 0 Å². The van der Waals surface area contributed by atoms with Crippen molar-refractivity contribution in [1.82, 2.24) is 4.98 Å².